The second-order valence-corrected chi connectivity index (χ2v) is 4.21. The minimum Gasteiger partial charge on any atom is -0.550 e. The Bertz CT molecular complexity index is 311. The van der Waals surface area contributed by atoms with Gasteiger partial charge in [-0.2, -0.15) is 0 Å². The average molecular weight is 289 g/mol. The molecule has 0 aliphatic carbocycles. The molecule has 0 radical (unpaired) electrons. The van der Waals surface area contributed by atoms with Gasteiger partial charge in [-0.1, -0.05) is 6.92 Å². The van der Waals surface area contributed by atoms with E-state index in [0.29, 0.717) is 6.42 Å². The van der Waals surface area contributed by atoms with Crippen LogP contribution in [0.25, 0.3) is 0 Å². The minimum absolute atomic E-state index is 0. The van der Waals surface area contributed by atoms with E-state index in [1.807, 2.05) is 0 Å². The number of aliphatic carboxylic acids is 2. The molecule has 1 N–H and O–H groups in total. The maximum Gasteiger partial charge on any atom is 1.00 e. The van der Waals surface area contributed by atoms with E-state index in [1.54, 1.807) is 6.92 Å². The van der Waals surface area contributed by atoms with Crippen molar-refractivity contribution in [3.63, 3.8) is 0 Å². The molecule has 0 heterocycles. The number of carbonyl (C=O) groups excluding carboxylic acids is 3. The summed E-state index contributed by atoms with van der Waals surface area (Å²) >= 11 is 0. The number of carboxylic acids is 2. The maximum absolute atomic E-state index is 10.8. The third-order valence-corrected chi connectivity index (χ3v) is 2.64. The molecule has 19 heavy (non-hydrogen) atoms. The molecule has 0 aromatic carbocycles. The van der Waals surface area contributed by atoms with Gasteiger partial charge < -0.3 is 25.1 Å². The molecule has 0 aliphatic heterocycles. The van der Waals surface area contributed by atoms with E-state index >= 15 is 0 Å². The second kappa shape index (κ2) is 12.2. The van der Waals surface area contributed by atoms with Crippen LogP contribution in [0.3, 0.4) is 0 Å². The molecular weight excluding hydrogens is 272 g/mol. The van der Waals surface area contributed by atoms with Crippen LogP contribution in [0.4, 0.5) is 0 Å². The zero-order chi connectivity index (χ0) is 13.6. The maximum atomic E-state index is 10.8. The summed E-state index contributed by atoms with van der Waals surface area (Å²) in [6.45, 7) is 4.35. The zero-order valence-corrected chi connectivity index (χ0v) is 16.2. The summed E-state index contributed by atoms with van der Waals surface area (Å²) in [5.74, 6) is -5.24. The molecule has 0 bridgehead atoms. The second-order valence-electron chi connectivity index (χ2n) is 4.21. The Kier molecular flexibility index (Phi) is 15.7. The van der Waals surface area contributed by atoms with Gasteiger partial charge in [-0.05, 0) is 19.8 Å². The molecular formula is C11H17NNa2O5. The fraction of sp³-hybridized carbons (Fsp3) is 0.727. The number of carboxylic acid groups (broad SMARTS) is 2. The Labute approximate surface area is 157 Å². The van der Waals surface area contributed by atoms with Crippen molar-refractivity contribution in [1.29, 1.82) is 0 Å². The van der Waals surface area contributed by atoms with Gasteiger partial charge in [-0.3, -0.25) is 4.79 Å². The molecule has 0 aliphatic rings. The van der Waals surface area contributed by atoms with Gasteiger partial charge in [0.2, 0.25) is 5.91 Å². The molecule has 6 nitrogen and oxygen atoms in total. The van der Waals surface area contributed by atoms with E-state index in [1.165, 1.54) is 13.8 Å². The quantitative estimate of drug-likeness (QED) is 0.468. The summed E-state index contributed by atoms with van der Waals surface area (Å²) in [5.41, 5.74) is 0. The van der Waals surface area contributed by atoms with Gasteiger partial charge >= 0.3 is 59.1 Å². The van der Waals surface area contributed by atoms with Crippen LogP contribution >= 0.6 is 0 Å². The molecule has 0 aromatic rings. The molecule has 0 saturated heterocycles. The van der Waals surface area contributed by atoms with Crippen LogP contribution in [0.5, 0.6) is 0 Å². The van der Waals surface area contributed by atoms with Gasteiger partial charge in [0.25, 0.3) is 0 Å². The number of hydrogen-bond donors (Lipinski definition) is 1. The van der Waals surface area contributed by atoms with Crippen molar-refractivity contribution >= 4 is 17.8 Å². The van der Waals surface area contributed by atoms with Gasteiger partial charge in [0.1, 0.15) is 0 Å². The van der Waals surface area contributed by atoms with E-state index in [4.69, 9.17) is 0 Å². The number of rotatable bonds is 7. The summed E-state index contributed by atoms with van der Waals surface area (Å²) in [5, 5.41) is 24.0. The Morgan fingerprint density at radius 1 is 1.00 bits per heavy atom. The van der Waals surface area contributed by atoms with Crippen LogP contribution in [-0.4, -0.2) is 23.9 Å². The molecule has 0 spiro atoms. The summed E-state index contributed by atoms with van der Waals surface area (Å²) in [6, 6.07) is -0.205. The Hall–Kier alpha value is 0.410. The third-order valence-electron chi connectivity index (χ3n) is 2.64. The normalized spacial score (nSPS) is 14.1. The van der Waals surface area contributed by atoms with Crippen molar-refractivity contribution < 1.29 is 83.7 Å². The number of amides is 1. The van der Waals surface area contributed by atoms with E-state index in [-0.39, 0.29) is 77.5 Å². The van der Waals surface area contributed by atoms with Gasteiger partial charge in [-0.15, -0.1) is 0 Å². The van der Waals surface area contributed by atoms with Gasteiger partial charge in [0.05, 0.1) is 0 Å². The van der Waals surface area contributed by atoms with E-state index < -0.39 is 23.8 Å². The predicted molar refractivity (Wildman–Crippen MR) is 55.2 cm³/mol. The first-order valence-electron chi connectivity index (χ1n) is 5.44. The molecule has 98 valence electrons. The minimum atomic E-state index is -1.41. The van der Waals surface area contributed by atoms with E-state index in [2.05, 4.69) is 5.32 Å². The first-order valence-corrected chi connectivity index (χ1v) is 5.44. The van der Waals surface area contributed by atoms with Crippen molar-refractivity contribution in [2.24, 2.45) is 11.8 Å². The number of nitrogens with one attached hydrogen (secondary N) is 1. The van der Waals surface area contributed by atoms with Crippen LogP contribution < -0.4 is 74.6 Å². The van der Waals surface area contributed by atoms with Crippen molar-refractivity contribution in [2.45, 2.75) is 39.7 Å². The molecule has 3 atom stereocenters. The van der Waals surface area contributed by atoms with Crippen molar-refractivity contribution in [3.8, 4) is 0 Å². The smallest absolute Gasteiger partial charge is 0.550 e. The molecule has 0 rings (SSSR count). The van der Waals surface area contributed by atoms with Gasteiger partial charge in [0.15, 0.2) is 0 Å². The first kappa shape index (κ1) is 24.4. The van der Waals surface area contributed by atoms with Crippen LogP contribution in [0.1, 0.15) is 33.6 Å². The molecule has 0 fully saturated rings. The van der Waals surface area contributed by atoms with Crippen LogP contribution in [0.2, 0.25) is 0 Å². The van der Waals surface area contributed by atoms with Crippen LogP contribution in [0, 0.1) is 11.8 Å². The van der Waals surface area contributed by atoms with Crippen LogP contribution in [-0.2, 0) is 14.4 Å². The predicted octanol–water partition coefficient (Wildman–Crippen LogP) is -7.95. The number of carbonyl (C=O) groups is 3. The van der Waals surface area contributed by atoms with E-state index in [9.17, 15) is 24.6 Å². The van der Waals surface area contributed by atoms with Gasteiger partial charge in [-0.25, -0.2) is 0 Å². The summed E-state index contributed by atoms with van der Waals surface area (Å²) in [7, 11) is 0. The van der Waals surface area contributed by atoms with Crippen molar-refractivity contribution in [3.05, 3.63) is 0 Å². The Morgan fingerprint density at radius 3 is 1.79 bits per heavy atom. The van der Waals surface area contributed by atoms with Crippen molar-refractivity contribution in [2.75, 3.05) is 0 Å². The standard InChI is InChI=1S/C11H19NO5.2Na/c1-6(12-8(3)13)4-5-9(11(16)17)7(2)10(14)15;;/h6-7,9H,4-5H2,1-3H3,(H,12,13)(H,14,15)(H,16,17);;/q;2*+1/p-2. The monoisotopic (exact) mass is 289 g/mol. The fourth-order valence-corrected chi connectivity index (χ4v) is 1.58. The average Bonchev–Trinajstić information content (AvgIpc) is 2.15. The molecule has 0 saturated carbocycles. The fourth-order valence-electron chi connectivity index (χ4n) is 1.58. The van der Waals surface area contributed by atoms with Gasteiger partial charge in [0, 0.05) is 36.7 Å². The summed E-state index contributed by atoms with van der Waals surface area (Å²) < 4.78 is 0. The Morgan fingerprint density at radius 2 is 1.47 bits per heavy atom. The molecule has 0 aromatic heterocycles. The number of hydrogen-bond acceptors (Lipinski definition) is 5. The largest absolute Gasteiger partial charge is 1.00 e. The first-order chi connectivity index (χ1) is 7.75. The van der Waals surface area contributed by atoms with E-state index in [0.717, 1.165) is 0 Å². The summed E-state index contributed by atoms with van der Waals surface area (Å²) in [6.07, 6.45) is 0.495. The third kappa shape index (κ3) is 10.8. The Balaban J connectivity index is -0.00000128. The SMILES string of the molecule is CC(=O)NC(C)CCC(C(=O)[O-])C(C)C(=O)[O-].[Na+].[Na+]. The molecule has 1 amide bonds. The topological polar surface area (TPSA) is 109 Å². The summed E-state index contributed by atoms with van der Waals surface area (Å²) in [4.78, 5) is 32.1. The molecule has 8 heteroatoms. The molecule has 3 unspecified atom stereocenters. The van der Waals surface area contributed by atoms with Crippen molar-refractivity contribution in [1.82, 2.24) is 5.32 Å². The zero-order valence-electron chi connectivity index (χ0n) is 12.2. The van der Waals surface area contributed by atoms with Crippen LogP contribution in [0.15, 0.2) is 0 Å².